The van der Waals surface area contributed by atoms with Gasteiger partial charge in [-0.2, -0.15) is 0 Å². The predicted octanol–water partition coefficient (Wildman–Crippen LogP) is 3.36. The van der Waals surface area contributed by atoms with Crippen LogP contribution in [0.1, 0.15) is 33.6 Å². The third-order valence-electron chi connectivity index (χ3n) is 4.82. The lowest BCUT2D eigenvalue weighted by atomic mass is 10.1. The molecular weight excluding hydrogens is 384 g/mol. The van der Waals surface area contributed by atoms with Gasteiger partial charge in [-0.3, -0.25) is 19.2 Å². The number of amides is 3. The topological polar surface area (TPSA) is 92.8 Å². The molecule has 0 radical (unpaired) electrons. The molecule has 0 unspecified atom stereocenters. The van der Waals surface area contributed by atoms with E-state index in [9.17, 15) is 19.2 Å². The van der Waals surface area contributed by atoms with Crippen LogP contribution in [0.5, 0.6) is 0 Å². The van der Waals surface area contributed by atoms with Crippen LogP contribution < -0.4 is 5.32 Å². The monoisotopic (exact) mass is 402 g/mol. The SMILES string of the molecule is O=C(CCC(=O)OCN1C(=O)c2ccccc2C1=O)Nc1ccc2ccccc2c1. The van der Waals surface area contributed by atoms with Crippen LogP contribution in [0.4, 0.5) is 5.69 Å². The molecule has 1 aliphatic rings. The quantitative estimate of drug-likeness (QED) is 0.504. The number of rotatable bonds is 6. The summed E-state index contributed by atoms with van der Waals surface area (Å²) in [5.41, 5.74) is 1.21. The summed E-state index contributed by atoms with van der Waals surface area (Å²) in [6.07, 6.45) is -0.240. The highest BCUT2D eigenvalue weighted by atomic mass is 16.5. The Bertz CT molecular complexity index is 1140. The Balaban J connectivity index is 1.26. The highest BCUT2D eigenvalue weighted by molar-refractivity contribution is 6.21. The number of carbonyl (C=O) groups is 4. The maximum absolute atomic E-state index is 12.2. The molecule has 1 aliphatic heterocycles. The fraction of sp³-hybridized carbons (Fsp3) is 0.130. The largest absolute Gasteiger partial charge is 0.444 e. The first-order chi connectivity index (χ1) is 14.5. The van der Waals surface area contributed by atoms with Gasteiger partial charge < -0.3 is 10.1 Å². The van der Waals surface area contributed by atoms with E-state index in [-0.39, 0.29) is 29.9 Å². The van der Waals surface area contributed by atoms with Crippen LogP contribution in [0.25, 0.3) is 10.8 Å². The van der Waals surface area contributed by atoms with Crippen LogP contribution in [0.3, 0.4) is 0 Å². The molecule has 0 aliphatic carbocycles. The third kappa shape index (κ3) is 3.91. The van der Waals surface area contributed by atoms with E-state index < -0.39 is 24.5 Å². The third-order valence-corrected chi connectivity index (χ3v) is 4.82. The van der Waals surface area contributed by atoms with Crippen molar-refractivity contribution < 1.29 is 23.9 Å². The highest BCUT2D eigenvalue weighted by Crippen LogP contribution is 2.22. The van der Waals surface area contributed by atoms with E-state index in [1.54, 1.807) is 30.3 Å². The highest BCUT2D eigenvalue weighted by Gasteiger charge is 2.35. The first kappa shape index (κ1) is 19.3. The van der Waals surface area contributed by atoms with Gasteiger partial charge in [-0.05, 0) is 35.0 Å². The Morgan fingerprint density at radius 2 is 1.43 bits per heavy atom. The van der Waals surface area contributed by atoms with E-state index in [0.717, 1.165) is 15.7 Å². The Labute approximate surface area is 172 Å². The van der Waals surface area contributed by atoms with Gasteiger partial charge in [-0.15, -0.1) is 0 Å². The summed E-state index contributed by atoms with van der Waals surface area (Å²) in [5, 5.41) is 4.81. The second kappa shape index (κ2) is 8.16. The molecule has 30 heavy (non-hydrogen) atoms. The van der Waals surface area contributed by atoms with Crippen LogP contribution in [0, 0.1) is 0 Å². The fourth-order valence-electron chi connectivity index (χ4n) is 3.27. The molecule has 0 aromatic heterocycles. The molecule has 3 aromatic carbocycles. The Kier molecular flexibility index (Phi) is 5.26. The Morgan fingerprint density at radius 3 is 2.13 bits per heavy atom. The number of ether oxygens (including phenoxy) is 1. The second-order valence-corrected chi connectivity index (χ2v) is 6.84. The van der Waals surface area contributed by atoms with Gasteiger partial charge >= 0.3 is 5.97 Å². The molecule has 7 nitrogen and oxygen atoms in total. The van der Waals surface area contributed by atoms with Gasteiger partial charge in [0.15, 0.2) is 6.73 Å². The van der Waals surface area contributed by atoms with Crippen molar-refractivity contribution in [2.75, 3.05) is 12.0 Å². The number of fused-ring (bicyclic) bond motifs is 2. The van der Waals surface area contributed by atoms with E-state index in [1.807, 2.05) is 36.4 Å². The zero-order chi connectivity index (χ0) is 21.1. The average Bonchev–Trinajstić information content (AvgIpc) is 3.01. The molecule has 0 fully saturated rings. The standard InChI is InChI=1S/C23H18N2O5/c26-20(24-17-10-9-15-5-1-2-6-16(15)13-17)11-12-21(27)30-14-25-22(28)18-7-3-4-8-19(18)23(25)29/h1-10,13H,11-12,14H2,(H,24,26). The lowest BCUT2D eigenvalue weighted by Crippen LogP contribution is -2.33. The average molecular weight is 402 g/mol. The molecule has 0 saturated carbocycles. The van der Waals surface area contributed by atoms with E-state index in [0.29, 0.717) is 5.69 Å². The van der Waals surface area contributed by atoms with Crippen molar-refractivity contribution in [1.82, 2.24) is 4.90 Å². The minimum atomic E-state index is -0.666. The van der Waals surface area contributed by atoms with Gasteiger partial charge in [0.05, 0.1) is 17.5 Å². The number of hydrogen-bond acceptors (Lipinski definition) is 5. The first-order valence-electron chi connectivity index (χ1n) is 9.42. The zero-order valence-corrected chi connectivity index (χ0v) is 16.0. The number of nitrogens with one attached hydrogen (secondary N) is 1. The maximum atomic E-state index is 12.2. The summed E-state index contributed by atoms with van der Waals surface area (Å²) in [6, 6.07) is 19.7. The van der Waals surface area contributed by atoms with Crippen molar-refractivity contribution in [2.45, 2.75) is 12.8 Å². The summed E-state index contributed by atoms with van der Waals surface area (Å²) >= 11 is 0. The number of imide groups is 1. The molecule has 4 rings (SSSR count). The van der Waals surface area contributed by atoms with Crippen molar-refractivity contribution in [2.24, 2.45) is 0 Å². The number of anilines is 1. The molecule has 3 aromatic rings. The summed E-state index contributed by atoms with van der Waals surface area (Å²) < 4.78 is 5.02. The van der Waals surface area contributed by atoms with Crippen LogP contribution >= 0.6 is 0 Å². The number of esters is 1. The van der Waals surface area contributed by atoms with Crippen LogP contribution in [0.2, 0.25) is 0 Å². The second-order valence-electron chi connectivity index (χ2n) is 6.84. The minimum Gasteiger partial charge on any atom is -0.444 e. The molecule has 3 amide bonds. The normalized spacial score (nSPS) is 12.7. The molecule has 0 saturated heterocycles. The maximum Gasteiger partial charge on any atom is 0.308 e. The van der Waals surface area contributed by atoms with Crippen LogP contribution in [0.15, 0.2) is 66.7 Å². The van der Waals surface area contributed by atoms with Crippen molar-refractivity contribution in [1.29, 1.82) is 0 Å². The van der Waals surface area contributed by atoms with Gasteiger partial charge in [-0.1, -0.05) is 42.5 Å². The fourth-order valence-corrected chi connectivity index (χ4v) is 3.27. The first-order valence-corrected chi connectivity index (χ1v) is 9.42. The van der Waals surface area contributed by atoms with Crippen molar-refractivity contribution >= 4 is 40.2 Å². The molecular formula is C23H18N2O5. The van der Waals surface area contributed by atoms with Gasteiger partial charge in [0, 0.05) is 12.1 Å². The molecule has 1 N–H and O–H groups in total. The van der Waals surface area contributed by atoms with Gasteiger partial charge in [0.1, 0.15) is 0 Å². The summed E-state index contributed by atoms with van der Waals surface area (Å²) in [4.78, 5) is 49.4. The van der Waals surface area contributed by atoms with Crippen LogP contribution in [-0.2, 0) is 14.3 Å². The van der Waals surface area contributed by atoms with Crippen molar-refractivity contribution in [3.8, 4) is 0 Å². The molecule has 1 heterocycles. The molecule has 7 heteroatoms. The molecule has 0 bridgehead atoms. The summed E-state index contributed by atoms with van der Waals surface area (Å²) in [6.45, 7) is -0.475. The van der Waals surface area contributed by atoms with Gasteiger partial charge in [-0.25, -0.2) is 4.90 Å². The number of carbonyl (C=O) groups excluding carboxylic acids is 4. The van der Waals surface area contributed by atoms with Crippen molar-refractivity contribution in [3.05, 3.63) is 77.9 Å². The zero-order valence-electron chi connectivity index (χ0n) is 16.0. The van der Waals surface area contributed by atoms with Gasteiger partial charge in [0.25, 0.3) is 11.8 Å². The number of hydrogen-bond donors (Lipinski definition) is 1. The van der Waals surface area contributed by atoms with Gasteiger partial charge in [0.2, 0.25) is 5.91 Å². The Morgan fingerprint density at radius 1 is 0.800 bits per heavy atom. The number of nitrogens with zero attached hydrogens (tertiary/aromatic N) is 1. The smallest absolute Gasteiger partial charge is 0.308 e. The predicted molar refractivity (Wildman–Crippen MR) is 110 cm³/mol. The minimum absolute atomic E-state index is 0.0756. The van der Waals surface area contributed by atoms with E-state index in [4.69, 9.17) is 4.74 Å². The lowest BCUT2D eigenvalue weighted by molar-refractivity contribution is -0.147. The molecule has 0 atom stereocenters. The van der Waals surface area contributed by atoms with Crippen molar-refractivity contribution in [3.63, 3.8) is 0 Å². The van der Waals surface area contributed by atoms with Crippen LogP contribution in [-0.4, -0.2) is 35.3 Å². The summed E-state index contributed by atoms with van der Waals surface area (Å²) in [5.74, 6) is -2.00. The van der Waals surface area contributed by atoms with E-state index in [2.05, 4.69) is 5.32 Å². The molecule has 0 spiro atoms. The lowest BCUT2D eigenvalue weighted by Gasteiger charge is -2.13. The summed E-state index contributed by atoms with van der Waals surface area (Å²) in [7, 11) is 0. The molecule has 150 valence electrons. The van der Waals surface area contributed by atoms with E-state index >= 15 is 0 Å². The number of benzene rings is 3. The van der Waals surface area contributed by atoms with E-state index in [1.165, 1.54) is 0 Å². The Hall–Kier alpha value is -4.00.